The van der Waals surface area contributed by atoms with Gasteiger partial charge in [-0.1, -0.05) is 35.9 Å². The van der Waals surface area contributed by atoms with Gasteiger partial charge in [0, 0.05) is 23.6 Å². The van der Waals surface area contributed by atoms with Gasteiger partial charge in [-0.3, -0.25) is 10.1 Å². The third-order valence-electron chi connectivity index (χ3n) is 3.46. The lowest BCUT2D eigenvalue weighted by molar-refractivity contribution is -0.118. The summed E-state index contributed by atoms with van der Waals surface area (Å²) in [5, 5.41) is 3.21. The minimum atomic E-state index is -0.404. The van der Waals surface area contributed by atoms with E-state index in [0.717, 1.165) is 11.3 Å². The Labute approximate surface area is 149 Å². The number of ether oxygens (including phenoxy) is 1. The number of halogens is 1. The molecule has 1 aromatic heterocycles. The molecule has 0 aliphatic heterocycles. The predicted octanol–water partition coefficient (Wildman–Crippen LogP) is 4.20. The van der Waals surface area contributed by atoms with Crippen molar-refractivity contribution in [1.82, 2.24) is 4.98 Å². The molecule has 1 heterocycles. The summed E-state index contributed by atoms with van der Waals surface area (Å²) in [4.78, 5) is 17.2. The number of nitrogens with one attached hydrogen (secondary N) is 1. The van der Waals surface area contributed by atoms with Crippen LogP contribution >= 0.6 is 11.3 Å². The number of aryl methyl sites for hydroxylation is 1. The molecule has 0 atom stereocenters. The van der Waals surface area contributed by atoms with Crippen molar-refractivity contribution < 1.29 is 13.9 Å². The summed E-state index contributed by atoms with van der Waals surface area (Å²) < 4.78 is 18.3. The van der Waals surface area contributed by atoms with Crippen LogP contribution in [0.15, 0.2) is 54.7 Å². The zero-order valence-corrected chi connectivity index (χ0v) is 14.5. The lowest BCUT2D eigenvalue weighted by Gasteiger charge is -2.05. The highest BCUT2D eigenvalue weighted by atomic mass is 32.1. The van der Waals surface area contributed by atoms with Crippen molar-refractivity contribution in [3.63, 3.8) is 0 Å². The van der Waals surface area contributed by atoms with Gasteiger partial charge in [-0.2, -0.15) is 0 Å². The van der Waals surface area contributed by atoms with Crippen molar-refractivity contribution in [3.05, 3.63) is 76.5 Å². The van der Waals surface area contributed by atoms with E-state index in [2.05, 4.69) is 41.5 Å². The molecule has 0 radical (unpaired) electrons. The molecule has 2 aromatic carbocycles. The van der Waals surface area contributed by atoms with E-state index in [0.29, 0.717) is 10.9 Å². The summed E-state index contributed by atoms with van der Waals surface area (Å²) in [5.74, 6) is -0.423. The number of aromatic nitrogens is 1. The van der Waals surface area contributed by atoms with Gasteiger partial charge in [-0.25, -0.2) is 9.37 Å². The highest BCUT2D eigenvalue weighted by Gasteiger charge is 2.08. The van der Waals surface area contributed by atoms with Crippen LogP contribution in [0.2, 0.25) is 0 Å². The van der Waals surface area contributed by atoms with E-state index < -0.39 is 5.82 Å². The zero-order valence-electron chi connectivity index (χ0n) is 13.7. The van der Waals surface area contributed by atoms with Gasteiger partial charge in [0.2, 0.25) is 0 Å². The molecule has 0 saturated heterocycles. The molecule has 1 amide bonds. The largest absolute Gasteiger partial charge is 0.484 e. The first-order valence-corrected chi connectivity index (χ1v) is 8.58. The maximum absolute atomic E-state index is 13.1. The fourth-order valence-electron chi connectivity index (χ4n) is 2.22. The highest BCUT2D eigenvalue weighted by molar-refractivity contribution is 7.15. The molecule has 4 nitrogen and oxygen atoms in total. The fraction of sp³-hybridized carbons (Fsp3) is 0.158. The number of amides is 1. The van der Waals surface area contributed by atoms with Crippen LogP contribution in [0.5, 0.6) is 5.75 Å². The standard InChI is InChI=1S/C19H17FN2O2S/c1-13-5-7-14(8-6-13)9-17-11-21-19(25-17)22-18(23)12-24-16-4-2-3-15(20)10-16/h2-8,10-11H,9,12H2,1H3,(H,21,22,23). The number of thiazole rings is 1. The van der Waals surface area contributed by atoms with E-state index in [9.17, 15) is 9.18 Å². The first-order valence-electron chi connectivity index (χ1n) is 7.77. The van der Waals surface area contributed by atoms with Gasteiger partial charge in [0.1, 0.15) is 11.6 Å². The van der Waals surface area contributed by atoms with E-state index in [1.165, 1.54) is 40.7 Å². The molecule has 0 aliphatic carbocycles. The first kappa shape index (κ1) is 17.1. The number of nitrogens with zero attached hydrogens (tertiary/aromatic N) is 1. The van der Waals surface area contributed by atoms with Crippen LogP contribution in [0, 0.1) is 12.7 Å². The minimum Gasteiger partial charge on any atom is -0.484 e. The maximum atomic E-state index is 13.1. The van der Waals surface area contributed by atoms with Gasteiger partial charge in [0.15, 0.2) is 11.7 Å². The number of hydrogen-bond acceptors (Lipinski definition) is 4. The van der Waals surface area contributed by atoms with Crippen LogP contribution in [0.1, 0.15) is 16.0 Å². The Hall–Kier alpha value is -2.73. The van der Waals surface area contributed by atoms with E-state index in [1.807, 2.05) is 0 Å². The molecule has 3 aromatic rings. The molecular formula is C19H17FN2O2S. The van der Waals surface area contributed by atoms with E-state index >= 15 is 0 Å². The van der Waals surface area contributed by atoms with Crippen LogP contribution in [0.25, 0.3) is 0 Å². The quantitative estimate of drug-likeness (QED) is 0.720. The molecule has 25 heavy (non-hydrogen) atoms. The predicted molar refractivity (Wildman–Crippen MR) is 96.6 cm³/mol. The maximum Gasteiger partial charge on any atom is 0.264 e. The summed E-state index contributed by atoms with van der Waals surface area (Å²) in [5.41, 5.74) is 2.42. The molecule has 6 heteroatoms. The van der Waals surface area contributed by atoms with Gasteiger partial charge in [0.25, 0.3) is 5.91 Å². The molecule has 128 valence electrons. The minimum absolute atomic E-state index is 0.198. The SMILES string of the molecule is Cc1ccc(Cc2cnc(NC(=O)COc3cccc(F)c3)s2)cc1. The summed E-state index contributed by atoms with van der Waals surface area (Å²) in [7, 11) is 0. The van der Waals surface area contributed by atoms with Gasteiger partial charge < -0.3 is 4.74 Å². The lowest BCUT2D eigenvalue weighted by Crippen LogP contribution is -2.20. The molecule has 0 aliphatic rings. The van der Waals surface area contributed by atoms with Crippen LogP contribution in [0.3, 0.4) is 0 Å². The highest BCUT2D eigenvalue weighted by Crippen LogP contribution is 2.21. The van der Waals surface area contributed by atoms with Crippen molar-refractivity contribution in [2.75, 3.05) is 11.9 Å². The molecule has 0 spiro atoms. The van der Waals surface area contributed by atoms with Gasteiger partial charge >= 0.3 is 0 Å². The van der Waals surface area contributed by atoms with E-state index in [4.69, 9.17) is 4.74 Å². The van der Waals surface area contributed by atoms with Gasteiger partial charge in [0.05, 0.1) is 0 Å². The second kappa shape index (κ2) is 7.90. The topological polar surface area (TPSA) is 51.2 Å². The Kier molecular flexibility index (Phi) is 5.40. The van der Waals surface area contributed by atoms with Crippen molar-refractivity contribution in [2.45, 2.75) is 13.3 Å². The molecular weight excluding hydrogens is 339 g/mol. The summed E-state index contributed by atoms with van der Waals surface area (Å²) in [6.07, 6.45) is 2.53. The van der Waals surface area contributed by atoms with Crippen molar-refractivity contribution in [2.24, 2.45) is 0 Å². The van der Waals surface area contributed by atoms with E-state index in [1.54, 1.807) is 12.3 Å². The van der Waals surface area contributed by atoms with Crippen LogP contribution in [0.4, 0.5) is 9.52 Å². The van der Waals surface area contributed by atoms with Crippen LogP contribution in [-0.4, -0.2) is 17.5 Å². The monoisotopic (exact) mass is 356 g/mol. The smallest absolute Gasteiger partial charge is 0.264 e. The number of anilines is 1. The zero-order chi connectivity index (χ0) is 17.6. The van der Waals surface area contributed by atoms with Crippen molar-refractivity contribution in [3.8, 4) is 5.75 Å². The number of rotatable bonds is 6. The average Bonchev–Trinajstić information content (AvgIpc) is 3.02. The van der Waals surface area contributed by atoms with Crippen LogP contribution in [-0.2, 0) is 11.2 Å². The van der Waals surface area contributed by atoms with Crippen molar-refractivity contribution >= 4 is 22.4 Å². The molecule has 0 bridgehead atoms. The lowest BCUT2D eigenvalue weighted by atomic mass is 10.1. The Morgan fingerprint density at radius 2 is 2.04 bits per heavy atom. The number of hydrogen-bond donors (Lipinski definition) is 1. The third kappa shape index (κ3) is 5.12. The molecule has 3 rings (SSSR count). The second-order valence-corrected chi connectivity index (χ2v) is 6.70. The third-order valence-corrected chi connectivity index (χ3v) is 4.38. The Balaban J connectivity index is 1.52. The Morgan fingerprint density at radius 3 is 2.80 bits per heavy atom. The Morgan fingerprint density at radius 1 is 1.24 bits per heavy atom. The Bertz CT molecular complexity index is 862. The van der Waals surface area contributed by atoms with Gasteiger partial charge in [-0.15, -0.1) is 11.3 Å². The molecule has 1 N–H and O–H groups in total. The van der Waals surface area contributed by atoms with Crippen LogP contribution < -0.4 is 10.1 Å². The molecule has 0 fully saturated rings. The average molecular weight is 356 g/mol. The summed E-state index contributed by atoms with van der Waals surface area (Å²) >= 11 is 1.43. The van der Waals surface area contributed by atoms with E-state index in [-0.39, 0.29) is 12.5 Å². The number of benzene rings is 2. The number of carbonyl (C=O) groups is 1. The second-order valence-electron chi connectivity index (χ2n) is 5.59. The van der Waals surface area contributed by atoms with Gasteiger partial charge in [-0.05, 0) is 24.6 Å². The molecule has 0 saturated carbocycles. The fourth-order valence-corrected chi connectivity index (χ4v) is 3.08. The first-order chi connectivity index (χ1) is 12.1. The number of carbonyl (C=O) groups excluding carboxylic acids is 1. The summed E-state index contributed by atoms with van der Waals surface area (Å²) in [6, 6.07) is 14.0. The summed E-state index contributed by atoms with van der Waals surface area (Å²) in [6.45, 7) is 1.85. The molecule has 0 unspecified atom stereocenters. The normalized spacial score (nSPS) is 10.5. The van der Waals surface area contributed by atoms with Crippen molar-refractivity contribution in [1.29, 1.82) is 0 Å².